The molecule has 0 saturated heterocycles. The average molecular weight is 232 g/mol. The van der Waals surface area contributed by atoms with E-state index in [2.05, 4.69) is 16.8 Å². The number of H-pyrrole nitrogens is 1. The number of ether oxygens (including phenoxy) is 1. The van der Waals surface area contributed by atoms with Crippen LogP contribution < -0.4 is 4.74 Å². The van der Waals surface area contributed by atoms with Crippen molar-refractivity contribution in [1.82, 2.24) is 10.2 Å². The number of hydrogen-bond donors (Lipinski definition) is 1. The summed E-state index contributed by atoms with van der Waals surface area (Å²) < 4.78 is 10.5. The van der Waals surface area contributed by atoms with Crippen molar-refractivity contribution in [3.8, 4) is 17.2 Å². The molecule has 0 atom stereocenters. The van der Waals surface area contributed by atoms with Crippen LogP contribution in [0.2, 0.25) is 0 Å². The Bertz CT molecular complexity index is 566. The van der Waals surface area contributed by atoms with Gasteiger partial charge in [-0.2, -0.15) is 5.10 Å². The minimum Gasteiger partial charge on any atom is -0.460 e. The topological polar surface area (TPSA) is 68.1 Å². The van der Waals surface area contributed by atoms with Gasteiger partial charge in [-0.1, -0.05) is 6.58 Å². The first-order chi connectivity index (χ1) is 8.08. The number of rotatable bonds is 3. The van der Waals surface area contributed by atoms with Crippen molar-refractivity contribution >= 4 is 5.97 Å². The van der Waals surface area contributed by atoms with Crippen molar-refractivity contribution < 1.29 is 13.9 Å². The molecule has 0 saturated carbocycles. The molecule has 1 N–H and O–H groups in total. The molecule has 0 aliphatic heterocycles. The lowest BCUT2D eigenvalue weighted by Crippen LogP contribution is -2.08. The predicted molar refractivity (Wildman–Crippen MR) is 61.5 cm³/mol. The highest BCUT2D eigenvalue weighted by Crippen LogP contribution is 2.29. The monoisotopic (exact) mass is 232 g/mol. The predicted octanol–water partition coefficient (Wildman–Crippen LogP) is 2.46. The van der Waals surface area contributed by atoms with E-state index in [1.54, 1.807) is 13.0 Å². The fraction of sp³-hybridized carbons (Fsp3) is 0.167. The van der Waals surface area contributed by atoms with E-state index in [-0.39, 0.29) is 0 Å². The molecule has 5 nitrogen and oxygen atoms in total. The maximum Gasteiger partial charge on any atom is 0.338 e. The maximum atomic E-state index is 11.4. The van der Waals surface area contributed by atoms with Crippen molar-refractivity contribution in [3.63, 3.8) is 0 Å². The molecule has 0 aromatic carbocycles. The zero-order valence-corrected chi connectivity index (χ0v) is 9.61. The van der Waals surface area contributed by atoms with E-state index in [9.17, 15) is 4.79 Å². The number of carbonyl (C=O) groups is 1. The number of aromatic amines is 1. The number of furan rings is 1. The van der Waals surface area contributed by atoms with Gasteiger partial charge in [-0.3, -0.25) is 5.10 Å². The number of aromatic nitrogens is 2. The van der Waals surface area contributed by atoms with Crippen LogP contribution in [0.3, 0.4) is 0 Å². The molecule has 0 unspecified atom stereocenters. The number of carbonyl (C=O) groups excluding carboxylic acids is 1. The third kappa shape index (κ3) is 2.28. The summed E-state index contributed by atoms with van der Waals surface area (Å²) in [6, 6.07) is 3.58. The van der Waals surface area contributed by atoms with Crippen molar-refractivity contribution in [2.24, 2.45) is 0 Å². The lowest BCUT2D eigenvalue weighted by atomic mass is 10.3. The summed E-state index contributed by atoms with van der Waals surface area (Å²) in [6.07, 6.45) is 1.49. The summed E-state index contributed by atoms with van der Waals surface area (Å²) in [5, 5.41) is 6.62. The molecule has 2 aromatic heterocycles. The van der Waals surface area contributed by atoms with Crippen molar-refractivity contribution in [2.75, 3.05) is 0 Å². The standard InChI is InChI=1S/C12H12N2O3/c1-7(2)12(15)17-10-6-13-14-11(10)9-5-4-8(3)16-9/h4-6H,1H2,2-3H3,(H,13,14). The first-order valence-electron chi connectivity index (χ1n) is 5.06. The summed E-state index contributed by atoms with van der Waals surface area (Å²) in [4.78, 5) is 11.4. The molecule has 0 fully saturated rings. The number of hydrogen-bond acceptors (Lipinski definition) is 4. The Hall–Kier alpha value is -2.30. The van der Waals surface area contributed by atoms with Crippen molar-refractivity contribution in [3.05, 3.63) is 36.2 Å². The minimum absolute atomic E-state index is 0.326. The van der Waals surface area contributed by atoms with Gasteiger partial charge in [0.05, 0.1) is 6.20 Å². The zero-order chi connectivity index (χ0) is 12.4. The number of aryl methyl sites for hydroxylation is 1. The van der Waals surface area contributed by atoms with Crippen LogP contribution in [0, 0.1) is 6.92 Å². The van der Waals surface area contributed by atoms with Gasteiger partial charge in [-0.25, -0.2) is 4.79 Å². The van der Waals surface area contributed by atoms with E-state index in [4.69, 9.17) is 9.15 Å². The molecular weight excluding hydrogens is 220 g/mol. The van der Waals surface area contributed by atoms with Crippen LogP contribution in [0.4, 0.5) is 0 Å². The second-order valence-corrected chi connectivity index (χ2v) is 3.68. The fourth-order valence-corrected chi connectivity index (χ4v) is 1.28. The molecule has 0 bridgehead atoms. The van der Waals surface area contributed by atoms with E-state index >= 15 is 0 Å². The third-order valence-corrected chi connectivity index (χ3v) is 2.13. The van der Waals surface area contributed by atoms with Crippen LogP contribution in [0.1, 0.15) is 12.7 Å². The van der Waals surface area contributed by atoms with Gasteiger partial charge in [0.25, 0.3) is 0 Å². The highest BCUT2D eigenvalue weighted by atomic mass is 16.5. The van der Waals surface area contributed by atoms with Crippen molar-refractivity contribution in [2.45, 2.75) is 13.8 Å². The van der Waals surface area contributed by atoms with E-state index < -0.39 is 5.97 Å². The van der Waals surface area contributed by atoms with Crippen LogP contribution >= 0.6 is 0 Å². The molecule has 17 heavy (non-hydrogen) atoms. The van der Waals surface area contributed by atoms with Gasteiger partial charge in [-0.05, 0) is 26.0 Å². The SMILES string of the molecule is C=C(C)C(=O)Oc1c[nH]nc1-c1ccc(C)o1. The first kappa shape index (κ1) is 11.2. The molecule has 0 amide bonds. The summed E-state index contributed by atoms with van der Waals surface area (Å²) >= 11 is 0. The van der Waals surface area contributed by atoms with E-state index in [1.807, 2.05) is 13.0 Å². The van der Waals surface area contributed by atoms with E-state index in [1.165, 1.54) is 6.20 Å². The summed E-state index contributed by atoms with van der Waals surface area (Å²) in [7, 11) is 0. The molecule has 2 aromatic rings. The number of nitrogens with zero attached hydrogens (tertiary/aromatic N) is 1. The summed E-state index contributed by atoms with van der Waals surface area (Å²) in [6.45, 7) is 6.93. The van der Waals surface area contributed by atoms with E-state index in [0.29, 0.717) is 22.8 Å². The second-order valence-electron chi connectivity index (χ2n) is 3.68. The van der Waals surface area contributed by atoms with Gasteiger partial charge >= 0.3 is 5.97 Å². The Morgan fingerprint density at radius 2 is 2.29 bits per heavy atom. The zero-order valence-electron chi connectivity index (χ0n) is 9.61. The number of esters is 1. The normalized spacial score (nSPS) is 10.2. The molecule has 0 aliphatic carbocycles. The second kappa shape index (κ2) is 4.29. The molecule has 5 heteroatoms. The summed E-state index contributed by atoms with van der Waals surface area (Å²) in [5.74, 6) is 1.15. The Balaban J connectivity index is 2.29. The third-order valence-electron chi connectivity index (χ3n) is 2.13. The van der Waals surface area contributed by atoms with Crippen LogP contribution in [0.25, 0.3) is 11.5 Å². The molecule has 0 radical (unpaired) electrons. The maximum absolute atomic E-state index is 11.4. The summed E-state index contributed by atoms with van der Waals surface area (Å²) in [5.41, 5.74) is 0.792. The van der Waals surface area contributed by atoms with Gasteiger partial charge in [0.2, 0.25) is 0 Å². The van der Waals surface area contributed by atoms with Crippen LogP contribution in [0.15, 0.2) is 34.9 Å². The largest absolute Gasteiger partial charge is 0.460 e. The minimum atomic E-state index is -0.490. The average Bonchev–Trinajstić information content (AvgIpc) is 2.86. The van der Waals surface area contributed by atoms with Gasteiger partial charge in [0.15, 0.2) is 17.2 Å². The molecule has 2 heterocycles. The molecule has 0 spiro atoms. The lowest BCUT2D eigenvalue weighted by molar-refractivity contribution is -0.130. The molecular formula is C12H12N2O3. The Morgan fingerprint density at radius 1 is 1.53 bits per heavy atom. The van der Waals surface area contributed by atoms with Crippen LogP contribution in [0.5, 0.6) is 5.75 Å². The van der Waals surface area contributed by atoms with Gasteiger partial charge in [0, 0.05) is 5.57 Å². The van der Waals surface area contributed by atoms with E-state index in [0.717, 1.165) is 5.76 Å². The quantitative estimate of drug-likeness (QED) is 0.652. The Labute approximate surface area is 98.1 Å². The lowest BCUT2D eigenvalue weighted by Gasteiger charge is -2.01. The first-order valence-corrected chi connectivity index (χ1v) is 5.06. The van der Waals surface area contributed by atoms with Crippen LogP contribution in [-0.4, -0.2) is 16.2 Å². The Morgan fingerprint density at radius 3 is 2.88 bits per heavy atom. The highest BCUT2D eigenvalue weighted by molar-refractivity contribution is 5.89. The molecule has 88 valence electrons. The molecule has 0 aliphatic rings. The van der Waals surface area contributed by atoms with Gasteiger partial charge in [-0.15, -0.1) is 0 Å². The van der Waals surface area contributed by atoms with Gasteiger partial charge < -0.3 is 9.15 Å². The smallest absolute Gasteiger partial charge is 0.338 e. The highest BCUT2D eigenvalue weighted by Gasteiger charge is 2.16. The van der Waals surface area contributed by atoms with Gasteiger partial charge in [0.1, 0.15) is 5.76 Å². The Kier molecular flexibility index (Phi) is 2.82. The van der Waals surface area contributed by atoms with Crippen molar-refractivity contribution in [1.29, 1.82) is 0 Å². The van der Waals surface area contributed by atoms with Crippen LogP contribution in [-0.2, 0) is 4.79 Å². The molecule has 2 rings (SSSR count). The fourth-order valence-electron chi connectivity index (χ4n) is 1.28. The number of nitrogens with one attached hydrogen (secondary N) is 1.